The Labute approximate surface area is 138 Å². The van der Waals surface area contributed by atoms with Crippen molar-refractivity contribution < 1.29 is 24.5 Å². The van der Waals surface area contributed by atoms with Crippen LogP contribution >= 0.6 is 22.7 Å². The van der Waals surface area contributed by atoms with Crippen molar-refractivity contribution in [2.75, 3.05) is 14.2 Å². The average molecular weight is 346 g/mol. The molecule has 0 aliphatic heterocycles. The Morgan fingerprint density at radius 1 is 1.05 bits per heavy atom. The van der Waals surface area contributed by atoms with Gasteiger partial charge in [0.25, 0.3) is 0 Å². The summed E-state index contributed by atoms with van der Waals surface area (Å²) in [5, 5.41) is 22.9. The molecule has 0 spiro atoms. The van der Waals surface area contributed by atoms with Crippen LogP contribution in [0.25, 0.3) is 0 Å². The Kier molecular flexibility index (Phi) is 14.6. The van der Waals surface area contributed by atoms with Gasteiger partial charge in [0, 0.05) is 7.11 Å². The molecule has 2 aromatic heterocycles. The largest absolute Gasteiger partial charge is 0.481 e. The number of aliphatic hydroxyl groups is 1. The van der Waals surface area contributed by atoms with E-state index >= 15 is 0 Å². The second kappa shape index (κ2) is 14.2. The van der Waals surface area contributed by atoms with Gasteiger partial charge in [-0.1, -0.05) is 7.43 Å². The molecule has 0 saturated heterocycles. The lowest BCUT2D eigenvalue weighted by Gasteiger charge is -1.93. The number of hydrogen-bond acceptors (Lipinski definition) is 6. The van der Waals surface area contributed by atoms with Gasteiger partial charge in [-0.05, 0) is 44.8 Å². The number of aliphatic hydroxyl groups excluding tert-OH is 1. The van der Waals surface area contributed by atoms with Crippen LogP contribution in [0.4, 0.5) is 0 Å². The molecule has 2 rings (SSSR count). The fraction of sp³-hybridized carbons (Fsp3) is 0.333. The highest BCUT2D eigenvalue weighted by atomic mass is 32.1. The third-order valence-electron chi connectivity index (χ3n) is 2.09. The van der Waals surface area contributed by atoms with E-state index in [0.29, 0.717) is 6.42 Å². The summed E-state index contributed by atoms with van der Waals surface area (Å²) in [6.45, 7) is 0. The van der Waals surface area contributed by atoms with Crippen molar-refractivity contribution in [3.05, 3.63) is 44.8 Å². The lowest BCUT2D eigenvalue weighted by Crippen LogP contribution is -2.02. The number of esters is 1. The summed E-state index contributed by atoms with van der Waals surface area (Å²) >= 11 is 3.10. The Hall–Kier alpha value is -1.70. The lowest BCUT2D eigenvalue weighted by atomic mass is 10.2. The van der Waals surface area contributed by atoms with E-state index in [9.17, 15) is 9.59 Å². The number of carboxylic acids is 1. The highest BCUT2D eigenvalue weighted by Crippen LogP contribution is 2.06. The Morgan fingerprint density at radius 3 is 1.82 bits per heavy atom. The van der Waals surface area contributed by atoms with E-state index in [0.717, 1.165) is 18.2 Å². The van der Waals surface area contributed by atoms with Gasteiger partial charge in [0.05, 0.1) is 20.0 Å². The molecule has 0 aliphatic rings. The van der Waals surface area contributed by atoms with E-state index in [-0.39, 0.29) is 19.8 Å². The zero-order valence-corrected chi connectivity index (χ0v) is 13.4. The summed E-state index contributed by atoms with van der Waals surface area (Å²) in [7, 11) is 2.40. The van der Waals surface area contributed by atoms with Crippen LogP contribution in [0.5, 0.6) is 0 Å². The van der Waals surface area contributed by atoms with Gasteiger partial charge in [-0.25, -0.2) is 0 Å². The number of hydrogen-bond donors (Lipinski definition) is 2. The topological polar surface area (TPSA) is 83.8 Å². The summed E-state index contributed by atoms with van der Waals surface area (Å²) in [4.78, 5) is 20.7. The van der Waals surface area contributed by atoms with E-state index in [1.54, 1.807) is 11.3 Å². The van der Waals surface area contributed by atoms with E-state index in [2.05, 4.69) is 4.74 Å². The van der Waals surface area contributed by atoms with E-state index in [1.807, 2.05) is 33.7 Å². The third kappa shape index (κ3) is 11.0. The first-order chi connectivity index (χ1) is 10.1. The molecule has 0 saturated carbocycles. The number of aliphatic carboxylic acids is 1. The molecule has 0 atom stereocenters. The molecule has 5 nitrogen and oxygen atoms in total. The first-order valence-electron chi connectivity index (χ1n) is 5.87. The van der Waals surface area contributed by atoms with Crippen molar-refractivity contribution in [3.8, 4) is 0 Å². The van der Waals surface area contributed by atoms with Crippen LogP contribution in [0, 0.1) is 0 Å². The lowest BCUT2D eigenvalue weighted by molar-refractivity contribution is -0.140. The van der Waals surface area contributed by atoms with Crippen molar-refractivity contribution in [1.82, 2.24) is 0 Å². The van der Waals surface area contributed by atoms with Crippen molar-refractivity contribution >= 4 is 34.6 Å². The first kappa shape index (κ1) is 22.6. The fourth-order valence-electron chi connectivity index (χ4n) is 1.20. The van der Waals surface area contributed by atoms with Crippen LogP contribution in [0.15, 0.2) is 33.7 Å². The molecule has 7 heteroatoms. The van der Waals surface area contributed by atoms with Gasteiger partial charge in [0.15, 0.2) is 0 Å². The average Bonchev–Trinajstić information content (AvgIpc) is 3.15. The maximum absolute atomic E-state index is 10.7. The Balaban J connectivity index is 0. The summed E-state index contributed by atoms with van der Waals surface area (Å²) in [6, 6.07) is 3.74. The Morgan fingerprint density at radius 2 is 1.50 bits per heavy atom. The molecule has 0 bridgehead atoms. The van der Waals surface area contributed by atoms with Crippen LogP contribution in [0.1, 0.15) is 18.6 Å². The second-order valence-electron chi connectivity index (χ2n) is 3.59. The minimum atomic E-state index is -0.770. The minimum absolute atomic E-state index is 0. The maximum Gasteiger partial charge on any atom is 0.310 e. The monoisotopic (exact) mass is 346 g/mol. The summed E-state index contributed by atoms with van der Waals surface area (Å²) in [5.41, 5.74) is 1.91. The number of rotatable bonds is 4. The van der Waals surface area contributed by atoms with Crippen LogP contribution in [0.3, 0.4) is 0 Å². The molecule has 0 unspecified atom stereocenters. The van der Waals surface area contributed by atoms with E-state index in [4.69, 9.17) is 10.2 Å². The standard InChI is InChI=1S/C7H8O2S.C6H6O2S.CH4O.CH4/c1-9-7(8)4-6-2-3-10-5-6;7-6(8)3-5-1-2-9-4-5;1-2;/h2-3,5H,4H2,1H3;1-2,4H,3H2,(H,7,8);2H,1H3;1H4. The number of carboxylic acid groups (broad SMARTS) is 1. The highest BCUT2D eigenvalue weighted by Gasteiger charge is 2.01. The minimum Gasteiger partial charge on any atom is -0.481 e. The van der Waals surface area contributed by atoms with Crippen LogP contribution in [0.2, 0.25) is 0 Å². The smallest absolute Gasteiger partial charge is 0.310 e. The fourth-order valence-corrected chi connectivity index (χ4v) is 2.54. The van der Waals surface area contributed by atoms with Gasteiger partial charge in [0.1, 0.15) is 0 Å². The Bertz CT molecular complexity index is 492. The molecular weight excluding hydrogens is 324 g/mol. The SMILES string of the molecule is C.CO.COC(=O)Cc1ccsc1.O=C(O)Cc1ccsc1. The summed E-state index contributed by atoms with van der Waals surface area (Å²) in [6.07, 6.45) is 0.531. The van der Waals surface area contributed by atoms with Gasteiger partial charge < -0.3 is 14.9 Å². The van der Waals surface area contributed by atoms with Crippen LogP contribution in [-0.4, -0.2) is 36.4 Å². The molecule has 124 valence electrons. The number of carbonyl (C=O) groups excluding carboxylic acids is 1. The molecule has 22 heavy (non-hydrogen) atoms. The number of methoxy groups -OCH3 is 1. The van der Waals surface area contributed by atoms with Crippen LogP contribution < -0.4 is 0 Å². The van der Waals surface area contributed by atoms with Crippen LogP contribution in [-0.2, 0) is 27.2 Å². The van der Waals surface area contributed by atoms with Gasteiger partial charge in [0.2, 0.25) is 0 Å². The molecule has 0 aromatic carbocycles. The van der Waals surface area contributed by atoms with Gasteiger partial charge in [-0.2, -0.15) is 22.7 Å². The molecule has 0 fully saturated rings. The van der Waals surface area contributed by atoms with Crippen molar-refractivity contribution in [3.63, 3.8) is 0 Å². The predicted octanol–water partition coefficient (Wildman–Crippen LogP) is 3.08. The van der Waals surface area contributed by atoms with E-state index in [1.165, 1.54) is 18.4 Å². The molecule has 2 N–H and O–H groups in total. The quantitative estimate of drug-likeness (QED) is 0.831. The molecule has 0 radical (unpaired) electrons. The van der Waals surface area contributed by atoms with Crippen molar-refractivity contribution in [1.29, 1.82) is 0 Å². The van der Waals surface area contributed by atoms with Crippen molar-refractivity contribution in [2.24, 2.45) is 0 Å². The summed E-state index contributed by atoms with van der Waals surface area (Å²) in [5.74, 6) is -0.952. The van der Waals surface area contributed by atoms with Gasteiger partial charge in [-0.15, -0.1) is 0 Å². The van der Waals surface area contributed by atoms with Crippen molar-refractivity contribution in [2.45, 2.75) is 20.3 Å². The first-order valence-corrected chi connectivity index (χ1v) is 7.76. The molecular formula is C15H22O5S2. The number of ether oxygens (including phenoxy) is 1. The van der Waals surface area contributed by atoms with E-state index < -0.39 is 5.97 Å². The number of carbonyl (C=O) groups is 2. The molecule has 2 heterocycles. The van der Waals surface area contributed by atoms with Gasteiger partial charge >= 0.3 is 11.9 Å². The zero-order valence-electron chi connectivity index (χ0n) is 11.8. The van der Waals surface area contributed by atoms with Gasteiger partial charge in [-0.3, -0.25) is 9.59 Å². The molecule has 2 aromatic rings. The molecule has 0 amide bonds. The maximum atomic E-state index is 10.7. The molecule has 0 aliphatic carbocycles. The zero-order chi connectivity index (χ0) is 16.1. The number of thiophene rings is 2. The predicted molar refractivity (Wildman–Crippen MR) is 90.6 cm³/mol. The summed E-state index contributed by atoms with van der Waals surface area (Å²) < 4.78 is 4.49. The second-order valence-corrected chi connectivity index (χ2v) is 5.15. The highest BCUT2D eigenvalue weighted by molar-refractivity contribution is 7.08. The normalized spacial score (nSPS) is 8.32. The third-order valence-corrected chi connectivity index (χ3v) is 3.56.